The summed E-state index contributed by atoms with van der Waals surface area (Å²) in [5, 5.41) is 14.9. The summed E-state index contributed by atoms with van der Waals surface area (Å²) in [4.78, 5) is 36.0. The third kappa shape index (κ3) is 5.65. The Labute approximate surface area is 205 Å². The molecule has 35 heavy (non-hydrogen) atoms. The van der Waals surface area contributed by atoms with E-state index in [1.54, 1.807) is 6.92 Å². The second-order valence-corrected chi connectivity index (χ2v) is 9.41. The third-order valence-corrected chi connectivity index (χ3v) is 7.02. The Morgan fingerprint density at radius 2 is 1.69 bits per heavy atom. The Bertz CT molecular complexity index is 1040. The van der Waals surface area contributed by atoms with Gasteiger partial charge in [-0.05, 0) is 42.0 Å². The zero-order valence-electron chi connectivity index (χ0n) is 19.9. The van der Waals surface area contributed by atoms with Crippen LogP contribution >= 0.6 is 0 Å². The number of aliphatic carboxylic acids is 1. The van der Waals surface area contributed by atoms with Gasteiger partial charge in [-0.15, -0.1) is 0 Å². The molecule has 0 radical (unpaired) electrons. The van der Waals surface area contributed by atoms with Crippen LogP contribution in [0.2, 0.25) is 0 Å². The van der Waals surface area contributed by atoms with Gasteiger partial charge in [-0.25, -0.2) is 4.79 Å². The molecule has 0 saturated heterocycles. The highest BCUT2D eigenvalue weighted by atomic mass is 16.5. The topological polar surface area (TPSA) is 114 Å². The van der Waals surface area contributed by atoms with Crippen molar-refractivity contribution in [2.24, 2.45) is 5.92 Å². The summed E-state index contributed by atoms with van der Waals surface area (Å²) in [6.45, 7) is 2.14. The van der Waals surface area contributed by atoms with Crippen LogP contribution in [0.4, 0.5) is 4.79 Å². The molecule has 2 aliphatic rings. The first-order chi connectivity index (χ1) is 16.9. The molecule has 0 spiro atoms. The molecule has 2 aromatic rings. The van der Waals surface area contributed by atoms with Crippen LogP contribution in [0.1, 0.15) is 49.7 Å². The van der Waals surface area contributed by atoms with Crippen molar-refractivity contribution < 1.29 is 29.0 Å². The van der Waals surface area contributed by atoms with Crippen LogP contribution in [0.5, 0.6) is 0 Å². The number of carboxylic acid groups (broad SMARTS) is 1. The molecule has 0 aromatic heterocycles. The number of ether oxygens (including phenoxy) is 2. The molecule has 2 unspecified atom stereocenters. The van der Waals surface area contributed by atoms with Crippen LogP contribution in [-0.4, -0.2) is 55.0 Å². The lowest BCUT2D eigenvalue weighted by molar-refractivity contribution is -0.147. The fraction of sp³-hybridized carbons (Fsp3) is 0.444. The van der Waals surface area contributed by atoms with E-state index >= 15 is 0 Å². The van der Waals surface area contributed by atoms with Gasteiger partial charge in [0, 0.05) is 12.5 Å². The first-order valence-electron chi connectivity index (χ1n) is 12.1. The number of rotatable bonds is 9. The minimum atomic E-state index is -0.888. The van der Waals surface area contributed by atoms with Crippen LogP contribution in [0.15, 0.2) is 48.5 Å². The van der Waals surface area contributed by atoms with E-state index in [9.17, 15) is 19.5 Å². The third-order valence-electron chi connectivity index (χ3n) is 7.02. The zero-order chi connectivity index (χ0) is 24.8. The number of alkyl carbamates (subject to hydrolysis) is 1. The molecule has 2 amide bonds. The molecule has 4 rings (SSSR count). The number of carboxylic acids is 1. The Morgan fingerprint density at radius 3 is 2.34 bits per heavy atom. The monoisotopic (exact) mass is 480 g/mol. The van der Waals surface area contributed by atoms with Gasteiger partial charge in [-0.3, -0.25) is 9.59 Å². The van der Waals surface area contributed by atoms with Crippen molar-refractivity contribution in [3.8, 4) is 11.1 Å². The average molecular weight is 481 g/mol. The molecular formula is C27H32N2O6. The van der Waals surface area contributed by atoms with Crippen LogP contribution in [0, 0.1) is 5.92 Å². The van der Waals surface area contributed by atoms with E-state index in [1.165, 1.54) is 11.1 Å². The quantitative estimate of drug-likeness (QED) is 0.472. The second-order valence-electron chi connectivity index (χ2n) is 9.41. The van der Waals surface area contributed by atoms with Crippen molar-refractivity contribution in [3.05, 3.63) is 59.7 Å². The van der Waals surface area contributed by atoms with E-state index in [2.05, 4.69) is 34.9 Å². The first-order valence-corrected chi connectivity index (χ1v) is 12.1. The average Bonchev–Trinajstić information content (AvgIpc) is 3.16. The summed E-state index contributed by atoms with van der Waals surface area (Å²) in [6, 6.07) is 16.3. The second kappa shape index (κ2) is 10.9. The van der Waals surface area contributed by atoms with E-state index in [0.717, 1.165) is 24.0 Å². The fourth-order valence-electron chi connectivity index (χ4n) is 5.27. The molecule has 2 atom stereocenters. The molecule has 8 heteroatoms. The maximum absolute atomic E-state index is 12.3. The Morgan fingerprint density at radius 1 is 1.03 bits per heavy atom. The van der Waals surface area contributed by atoms with Gasteiger partial charge in [0.05, 0.1) is 18.1 Å². The van der Waals surface area contributed by atoms with Crippen molar-refractivity contribution in [3.63, 3.8) is 0 Å². The largest absolute Gasteiger partial charge is 0.481 e. The first kappa shape index (κ1) is 24.7. The lowest BCUT2D eigenvalue weighted by atomic mass is 9.74. The van der Waals surface area contributed by atoms with E-state index in [0.29, 0.717) is 12.8 Å². The minimum absolute atomic E-state index is 0.0103. The number of hydrogen-bond donors (Lipinski definition) is 3. The minimum Gasteiger partial charge on any atom is -0.481 e. The van der Waals surface area contributed by atoms with Gasteiger partial charge in [0.25, 0.3) is 0 Å². The van der Waals surface area contributed by atoms with Crippen molar-refractivity contribution in [2.45, 2.75) is 44.1 Å². The van der Waals surface area contributed by atoms with Gasteiger partial charge in [-0.2, -0.15) is 0 Å². The molecule has 186 valence electrons. The van der Waals surface area contributed by atoms with Gasteiger partial charge in [0.2, 0.25) is 5.91 Å². The Kier molecular flexibility index (Phi) is 7.70. The SMILES string of the molecule is CC1(NC(=O)COCCNC(=O)OCC2c3ccccc3-c3ccccc32)CCCCC1C(=O)O. The summed E-state index contributed by atoms with van der Waals surface area (Å²) in [6.07, 6.45) is 2.36. The maximum atomic E-state index is 12.3. The summed E-state index contributed by atoms with van der Waals surface area (Å²) >= 11 is 0. The highest BCUT2D eigenvalue weighted by molar-refractivity contribution is 5.80. The summed E-state index contributed by atoms with van der Waals surface area (Å²) in [5.74, 6) is -1.86. The molecule has 1 fully saturated rings. The van der Waals surface area contributed by atoms with Crippen molar-refractivity contribution in [2.75, 3.05) is 26.4 Å². The number of fused-ring (bicyclic) bond motifs is 3. The van der Waals surface area contributed by atoms with Gasteiger partial charge in [0.15, 0.2) is 0 Å². The number of benzene rings is 2. The van der Waals surface area contributed by atoms with E-state index in [1.807, 2.05) is 24.3 Å². The molecule has 3 N–H and O–H groups in total. The van der Waals surface area contributed by atoms with E-state index in [4.69, 9.17) is 9.47 Å². The molecule has 0 aliphatic heterocycles. The van der Waals surface area contributed by atoms with Gasteiger partial charge < -0.3 is 25.2 Å². The van der Waals surface area contributed by atoms with Gasteiger partial charge >= 0.3 is 12.1 Å². The summed E-state index contributed by atoms with van der Waals surface area (Å²) in [7, 11) is 0. The predicted octanol–water partition coefficient (Wildman–Crippen LogP) is 3.69. The lowest BCUT2D eigenvalue weighted by Crippen LogP contribution is -2.56. The van der Waals surface area contributed by atoms with Gasteiger partial charge in [0.1, 0.15) is 13.2 Å². The highest BCUT2D eigenvalue weighted by Gasteiger charge is 2.42. The Hall–Kier alpha value is -3.39. The molecular weight excluding hydrogens is 448 g/mol. The number of nitrogens with one attached hydrogen (secondary N) is 2. The van der Waals surface area contributed by atoms with Gasteiger partial charge in [-0.1, -0.05) is 61.4 Å². The summed E-state index contributed by atoms with van der Waals surface area (Å²) in [5.41, 5.74) is 3.85. The van der Waals surface area contributed by atoms with Crippen molar-refractivity contribution >= 4 is 18.0 Å². The number of hydrogen-bond acceptors (Lipinski definition) is 5. The molecule has 2 aromatic carbocycles. The molecule has 0 bridgehead atoms. The smallest absolute Gasteiger partial charge is 0.407 e. The number of amides is 2. The number of carbonyl (C=O) groups is 3. The van der Waals surface area contributed by atoms with Crippen LogP contribution in [0.3, 0.4) is 0 Å². The zero-order valence-corrected chi connectivity index (χ0v) is 19.9. The van der Waals surface area contributed by atoms with Crippen molar-refractivity contribution in [1.82, 2.24) is 10.6 Å². The normalized spacial score (nSPS) is 21.0. The lowest BCUT2D eigenvalue weighted by Gasteiger charge is -2.39. The van der Waals surface area contributed by atoms with Crippen LogP contribution in [-0.2, 0) is 19.1 Å². The summed E-state index contributed by atoms with van der Waals surface area (Å²) < 4.78 is 10.8. The maximum Gasteiger partial charge on any atom is 0.407 e. The highest BCUT2D eigenvalue weighted by Crippen LogP contribution is 2.44. The molecule has 8 nitrogen and oxygen atoms in total. The van der Waals surface area contributed by atoms with E-state index < -0.39 is 23.5 Å². The Balaban J connectivity index is 1.17. The molecule has 1 saturated carbocycles. The standard InChI is InChI=1S/C27H32N2O6/c1-27(13-7-6-12-23(27)25(31)32)29-24(30)17-34-15-14-28-26(33)35-16-22-20-10-4-2-8-18(20)19-9-3-5-11-21(19)22/h2-5,8-11,22-23H,6-7,12-17H2,1H3,(H,28,33)(H,29,30)(H,31,32). The molecule has 2 aliphatic carbocycles. The fourth-order valence-corrected chi connectivity index (χ4v) is 5.27. The number of carbonyl (C=O) groups excluding carboxylic acids is 2. The van der Waals surface area contributed by atoms with E-state index in [-0.39, 0.29) is 38.2 Å². The van der Waals surface area contributed by atoms with Crippen LogP contribution < -0.4 is 10.6 Å². The van der Waals surface area contributed by atoms with Crippen molar-refractivity contribution in [1.29, 1.82) is 0 Å². The van der Waals surface area contributed by atoms with Crippen LogP contribution in [0.25, 0.3) is 11.1 Å². The molecule has 0 heterocycles. The predicted molar refractivity (Wildman–Crippen MR) is 130 cm³/mol.